The average Bonchev–Trinajstić information content (AvgIpc) is 2.71. The predicted octanol–water partition coefficient (Wildman–Crippen LogP) is 4.45. The van der Waals surface area contributed by atoms with Crippen molar-refractivity contribution < 1.29 is 13.2 Å². The molecular weight excluding hydrogens is 469 g/mol. The van der Waals surface area contributed by atoms with E-state index in [0.717, 1.165) is 35.8 Å². The summed E-state index contributed by atoms with van der Waals surface area (Å²) in [4.78, 5) is 15.3. The van der Waals surface area contributed by atoms with Crippen LogP contribution in [-0.4, -0.2) is 44.6 Å². The van der Waals surface area contributed by atoms with Crippen LogP contribution in [0.25, 0.3) is 0 Å². The van der Waals surface area contributed by atoms with Gasteiger partial charge in [0.25, 0.3) is 0 Å². The number of hydrogen-bond acceptors (Lipinski definition) is 4. The third kappa shape index (κ3) is 6.85. The molecule has 1 saturated heterocycles. The quantitative estimate of drug-likeness (QED) is 0.584. The van der Waals surface area contributed by atoms with Crippen LogP contribution < -0.4 is 9.62 Å². The van der Waals surface area contributed by atoms with E-state index in [-0.39, 0.29) is 5.69 Å². The first-order valence-corrected chi connectivity index (χ1v) is 13.3. The number of benzene rings is 2. The maximum absolute atomic E-state index is 12.9. The van der Waals surface area contributed by atoms with Gasteiger partial charge in [-0.25, -0.2) is 8.42 Å². The van der Waals surface area contributed by atoms with Crippen molar-refractivity contribution in [1.29, 1.82) is 0 Å². The summed E-state index contributed by atoms with van der Waals surface area (Å²) in [6, 6.07) is 11.6. The summed E-state index contributed by atoms with van der Waals surface area (Å²) in [5.74, 6) is -0.409. The zero-order chi connectivity index (χ0) is 23.3. The Morgan fingerprint density at radius 1 is 1.06 bits per heavy atom. The van der Waals surface area contributed by atoms with E-state index < -0.39 is 22.0 Å². The lowest BCUT2D eigenvalue weighted by Gasteiger charge is -2.28. The lowest BCUT2D eigenvalue weighted by molar-refractivity contribution is -0.122. The van der Waals surface area contributed by atoms with E-state index in [9.17, 15) is 13.2 Å². The molecular formula is C23H29Cl2N3O3S. The van der Waals surface area contributed by atoms with Crippen molar-refractivity contribution in [2.75, 3.05) is 23.7 Å². The minimum atomic E-state index is -3.75. The lowest BCUT2D eigenvalue weighted by Crippen LogP contribution is -2.47. The molecule has 2 aromatic carbocycles. The largest absolute Gasteiger partial charge is 0.350 e. The van der Waals surface area contributed by atoms with Crippen LogP contribution in [0.15, 0.2) is 42.5 Å². The number of hydrogen-bond donors (Lipinski definition) is 1. The molecule has 6 nitrogen and oxygen atoms in total. The van der Waals surface area contributed by atoms with Crippen LogP contribution in [-0.2, 0) is 27.9 Å². The number of likely N-dealkylation sites (tertiary alicyclic amines) is 1. The van der Waals surface area contributed by atoms with Crippen molar-refractivity contribution >= 4 is 44.8 Å². The number of nitrogens with zero attached hydrogens (tertiary/aromatic N) is 2. The summed E-state index contributed by atoms with van der Waals surface area (Å²) in [5.41, 5.74) is 2.42. The average molecular weight is 498 g/mol. The fraction of sp³-hybridized carbons (Fsp3) is 0.435. The van der Waals surface area contributed by atoms with Crippen molar-refractivity contribution in [3.63, 3.8) is 0 Å². The summed E-state index contributed by atoms with van der Waals surface area (Å²) < 4.78 is 26.0. The van der Waals surface area contributed by atoms with Gasteiger partial charge in [-0.2, -0.15) is 0 Å². The lowest BCUT2D eigenvalue weighted by atomic mass is 10.1. The molecule has 32 heavy (non-hydrogen) atoms. The van der Waals surface area contributed by atoms with Gasteiger partial charge in [-0.1, -0.05) is 53.9 Å². The van der Waals surface area contributed by atoms with E-state index >= 15 is 0 Å². The summed E-state index contributed by atoms with van der Waals surface area (Å²) in [5, 5.41) is 3.44. The number of carbonyl (C=O) groups is 1. The van der Waals surface area contributed by atoms with Gasteiger partial charge >= 0.3 is 0 Å². The highest BCUT2D eigenvalue weighted by atomic mass is 35.5. The minimum Gasteiger partial charge on any atom is -0.350 e. The van der Waals surface area contributed by atoms with Gasteiger partial charge in [-0.05, 0) is 62.2 Å². The Labute approximate surface area is 200 Å². The van der Waals surface area contributed by atoms with E-state index in [1.807, 2.05) is 12.1 Å². The number of amides is 1. The molecule has 0 aromatic heterocycles. The van der Waals surface area contributed by atoms with Gasteiger partial charge in [-0.15, -0.1) is 0 Å². The Hall–Kier alpha value is -1.80. The summed E-state index contributed by atoms with van der Waals surface area (Å²) >= 11 is 12.1. The predicted molar refractivity (Wildman–Crippen MR) is 131 cm³/mol. The van der Waals surface area contributed by atoms with Crippen molar-refractivity contribution in [2.45, 2.75) is 45.3 Å². The Kier molecular flexibility index (Phi) is 8.44. The second-order valence-corrected chi connectivity index (χ2v) is 11.0. The molecule has 3 rings (SSSR count). The van der Waals surface area contributed by atoms with Crippen LogP contribution >= 0.6 is 23.2 Å². The van der Waals surface area contributed by atoms with E-state index in [4.69, 9.17) is 23.2 Å². The van der Waals surface area contributed by atoms with Gasteiger partial charge < -0.3 is 5.32 Å². The van der Waals surface area contributed by atoms with Crippen molar-refractivity contribution in [1.82, 2.24) is 10.2 Å². The van der Waals surface area contributed by atoms with Crippen LogP contribution in [0.5, 0.6) is 0 Å². The number of rotatable bonds is 8. The van der Waals surface area contributed by atoms with E-state index in [2.05, 4.69) is 22.3 Å². The molecule has 174 valence electrons. The first kappa shape index (κ1) is 24.8. The van der Waals surface area contributed by atoms with Gasteiger partial charge in [0, 0.05) is 23.1 Å². The zero-order valence-electron chi connectivity index (χ0n) is 18.4. The highest BCUT2D eigenvalue weighted by Gasteiger charge is 2.29. The van der Waals surface area contributed by atoms with Crippen molar-refractivity contribution in [3.8, 4) is 0 Å². The summed E-state index contributed by atoms with van der Waals surface area (Å²) in [6.07, 6.45) is 4.83. The second kappa shape index (κ2) is 10.9. The van der Waals surface area contributed by atoms with Gasteiger partial charge in [-0.3, -0.25) is 14.0 Å². The Bertz CT molecular complexity index is 1040. The molecule has 1 heterocycles. The molecule has 9 heteroatoms. The highest BCUT2D eigenvalue weighted by molar-refractivity contribution is 7.92. The van der Waals surface area contributed by atoms with E-state index in [1.54, 1.807) is 0 Å². The number of piperidine rings is 1. The van der Waals surface area contributed by atoms with Crippen LogP contribution in [0.4, 0.5) is 5.69 Å². The van der Waals surface area contributed by atoms with Crippen LogP contribution in [0, 0.1) is 0 Å². The zero-order valence-corrected chi connectivity index (χ0v) is 20.7. The first-order chi connectivity index (χ1) is 15.1. The third-order valence-electron chi connectivity index (χ3n) is 5.50. The maximum atomic E-state index is 12.9. The van der Waals surface area contributed by atoms with Crippen LogP contribution in [0.1, 0.15) is 37.3 Å². The standard InChI is InChI=1S/C23H29Cl2N3O3S/c1-17(28(32(2,30)31)22-13-20(24)12-21(25)14-22)23(29)26-15-18-7-6-8-19(11-18)16-27-9-4-3-5-10-27/h6-8,11-14,17H,3-5,9-10,15-16H2,1-2H3,(H,26,29)/t17-/m0/s1. The SMILES string of the molecule is C[C@@H](C(=O)NCc1cccc(CN2CCCCC2)c1)N(c1cc(Cl)cc(Cl)c1)S(C)(=O)=O. The Morgan fingerprint density at radius 2 is 1.69 bits per heavy atom. The molecule has 0 aliphatic carbocycles. The number of sulfonamides is 1. The van der Waals surface area contributed by atoms with Gasteiger partial charge in [0.15, 0.2) is 0 Å². The van der Waals surface area contributed by atoms with Gasteiger partial charge in [0.1, 0.15) is 6.04 Å². The fourth-order valence-electron chi connectivity index (χ4n) is 4.03. The minimum absolute atomic E-state index is 0.246. The fourth-order valence-corrected chi connectivity index (χ4v) is 5.70. The molecule has 0 bridgehead atoms. The van der Waals surface area contributed by atoms with Crippen LogP contribution in [0.3, 0.4) is 0 Å². The molecule has 0 radical (unpaired) electrons. The Morgan fingerprint density at radius 3 is 2.31 bits per heavy atom. The number of halogens is 2. The normalized spacial score (nSPS) is 15.9. The van der Waals surface area contributed by atoms with Gasteiger partial charge in [0.05, 0.1) is 11.9 Å². The highest BCUT2D eigenvalue weighted by Crippen LogP contribution is 2.28. The molecule has 1 fully saturated rings. The Balaban J connectivity index is 1.68. The number of nitrogens with one attached hydrogen (secondary N) is 1. The molecule has 1 aliphatic heterocycles. The molecule has 1 aliphatic rings. The van der Waals surface area contributed by atoms with Crippen LogP contribution in [0.2, 0.25) is 10.0 Å². The molecule has 0 unspecified atom stereocenters. The first-order valence-electron chi connectivity index (χ1n) is 10.7. The van der Waals surface area contributed by atoms with E-state index in [0.29, 0.717) is 16.6 Å². The molecule has 0 saturated carbocycles. The number of carbonyl (C=O) groups excluding carboxylic acids is 1. The molecule has 1 amide bonds. The maximum Gasteiger partial charge on any atom is 0.243 e. The van der Waals surface area contributed by atoms with Crippen molar-refractivity contribution in [3.05, 3.63) is 63.6 Å². The third-order valence-corrected chi connectivity index (χ3v) is 7.18. The summed E-state index contributed by atoms with van der Waals surface area (Å²) in [6.45, 7) is 4.99. The molecule has 1 atom stereocenters. The summed E-state index contributed by atoms with van der Waals surface area (Å²) in [7, 11) is -3.75. The molecule has 2 aromatic rings. The molecule has 0 spiro atoms. The smallest absolute Gasteiger partial charge is 0.243 e. The topological polar surface area (TPSA) is 69.7 Å². The number of anilines is 1. The second-order valence-electron chi connectivity index (χ2n) is 8.24. The van der Waals surface area contributed by atoms with Gasteiger partial charge in [0.2, 0.25) is 15.9 Å². The monoisotopic (exact) mass is 497 g/mol. The molecule has 1 N–H and O–H groups in total. The van der Waals surface area contributed by atoms with Crippen molar-refractivity contribution in [2.24, 2.45) is 0 Å². The van der Waals surface area contributed by atoms with E-state index in [1.165, 1.54) is 49.9 Å².